The summed E-state index contributed by atoms with van der Waals surface area (Å²) in [5, 5.41) is 0. The Hall–Kier alpha value is -1.46. The van der Waals surface area contributed by atoms with E-state index >= 15 is 0 Å². The van der Waals surface area contributed by atoms with Crippen LogP contribution in [0.1, 0.15) is 5.89 Å². The Balaban J connectivity index is 1.76. The third kappa shape index (κ3) is 2.93. The van der Waals surface area contributed by atoms with E-state index in [0.717, 1.165) is 15.6 Å². The SMILES string of the molecule is Nc1ccc2nc(CSc3ccc(Br)cc3)oc2c1. The van der Waals surface area contributed by atoms with Gasteiger partial charge >= 0.3 is 0 Å². The summed E-state index contributed by atoms with van der Waals surface area (Å²) in [4.78, 5) is 5.62. The number of nitrogens with two attached hydrogens (primary N) is 1. The molecule has 3 nitrogen and oxygen atoms in total. The molecule has 2 N–H and O–H groups in total. The first-order valence-electron chi connectivity index (χ1n) is 5.74. The second-order valence-electron chi connectivity index (χ2n) is 4.08. The lowest BCUT2D eigenvalue weighted by atomic mass is 10.3. The topological polar surface area (TPSA) is 52.0 Å². The smallest absolute Gasteiger partial charge is 0.205 e. The summed E-state index contributed by atoms with van der Waals surface area (Å²) in [6.07, 6.45) is 0. The van der Waals surface area contributed by atoms with E-state index in [4.69, 9.17) is 10.2 Å². The molecule has 1 aromatic heterocycles. The van der Waals surface area contributed by atoms with Gasteiger partial charge in [-0.3, -0.25) is 0 Å². The standard InChI is InChI=1S/C14H11BrN2OS/c15-9-1-4-11(5-2-9)19-8-14-17-12-6-3-10(16)7-13(12)18-14/h1-7H,8,16H2. The van der Waals surface area contributed by atoms with Gasteiger partial charge in [0.2, 0.25) is 5.89 Å². The second-order valence-corrected chi connectivity index (χ2v) is 6.04. The maximum atomic E-state index is 5.71. The number of rotatable bonds is 3. The highest BCUT2D eigenvalue weighted by Gasteiger charge is 2.06. The van der Waals surface area contributed by atoms with E-state index in [1.54, 1.807) is 17.8 Å². The highest BCUT2D eigenvalue weighted by molar-refractivity contribution is 9.10. The van der Waals surface area contributed by atoms with E-state index in [2.05, 4.69) is 33.0 Å². The number of thioether (sulfide) groups is 1. The summed E-state index contributed by atoms with van der Waals surface area (Å²) in [6.45, 7) is 0. The van der Waals surface area contributed by atoms with Crippen LogP contribution < -0.4 is 5.73 Å². The second kappa shape index (κ2) is 5.27. The van der Waals surface area contributed by atoms with Gasteiger partial charge < -0.3 is 10.2 Å². The molecule has 0 saturated carbocycles. The van der Waals surface area contributed by atoms with E-state index < -0.39 is 0 Å². The van der Waals surface area contributed by atoms with Crippen molar-refractivity contribution < 1.29 is 4.42 Å². The Labute approximate surface area is 123 Å². The van der Waals surface area contributed by atoms with E-state index in [-0.39, 0.29) is 0 Å². The molecule has 19 heavy (non-hydrogen) atoms. The van der Waals surface area contributed by atoms with Crippen LogP contribution in [-0.4, -0.2) is 4.98 Å². The number of halogens is 1. The van der Waals surface area contributed by atoms with Crippen LogP contribution in [0.25, 0.3) is 11.1 Å². The zero-order valence-electron chi connectivity index (χ0n) is 9.97. The van der Waals surface area contributed by atoms with Crippen LogP contribution >= 0.6 is 27.7 Å². The van der Waals surface area contributed by atoms with Gasteiger partial charge in [0, 0.05) is 21.1 Å². The Morgan fingerprint density at radius 3 is 2.74 bits per heavy atom. The summed E-state index contributed by atoms with van der Waals surface area (Å²) in [7, 11) is 0. The molecule has 0 aliphatic heterocycles. The molecule has 0 aliphatic rings. The predicted octanol–water partition coefficient (Wildman–Crippen LogP) is 4.46. The average Bonchev–Trinajstić information content (AvgIpc) is 2.80. The van der Waals surface area contributed by atoms with E-state index in [1.165, 1.54) is 4.90 Å². The first kappa shape index (κ1) is 12.6. The van der Waals surface area contributed by atoms with Gasteiger partial charge in [-0.25, -0.2) is 4.98 Å². The first-order chi connectivity index (χ1) is 9.20. The van der Waals surface area contributed by atoms with Crippen LogP contribution in [0.15, 0.2) is 56.2 Å². The molecular weight excluding hydrogens is 324 g/mol. The number of anilines is 1. The Morgan fingerprint density at radius 2 is 1.95 bits per heavy atom. The molecule has 3 aromatic rings. The molecular formula is C14H11BrN2OS. The molecule has 0 bridgehead atoms. The number of benzene rings is 2. The van der Waals surface area contributed by atoms with Gasteiger partial charge in [-0.2, -0.15) is 0 Å². The molecule has 3 rings (SSSR count). The number of aromatic nitrogens is 1. The van der Waals surface area contributed by atoms with Gasteiger partial charge in [-0.05, 0) is 36.4 Å². The molecule has 96 valence electrons. The van der Waals surface area contributed by atoms with Crippen molar-refractivity contribution in [3.8, 4) is 0 Å². The first-order valence-corrected chi connectivity index (χ1v) is 7.52. The number of fused-ring (bicyclic) bond motifs is 1. The highest BCUT2D eigenvalue weighted by Crippen LogP contribution is 2.26. The molecule has 0 spiro atoms. The minimum absolute atomic E-state index is 0.691. The minimum atomic E-state index is 0.691. The van der Waals surface area contributed by atoms with Crippen molar-refractivity contribution >= 4 is 44.5 Å². The zero-order chi connectivity index (χ0) is 13.2. The van der Waals surface area contributed by atoms with Gasteiger partial charge in [-0.15, -0.1) is 11.8 Å². The van der Waals surface area contributed by atoms with E-state index in [1.807, 2.05) is 24.3 Å². The zero-order valence-corrected chi connectivity index (χ0v) is 12.4. The van der Waals surface area contributed by atoms with Crippen molar-refractivity contribution in [2.24, 2.45) is 0 Å². The molecule has 0 unspecified atom stereocenters. The lowest BCUT2D eigenvalue weighted by Gasteiger charge is -1.98. The summed E-state index contributed by atoms with van der Waals surface area (Å²) < 4.78 is 6.75. The van der Waals surface area contributed by atoms with Crippen LogP contribution in [0.4, 0.5) is 5.69 Å². The number of nitrogen functional groups attached to an aromatic ring is 1. The van der Waals surface area contributed by atoms with Gasteiger partial charge in [-0.1, -0.05) is 15.9 Å². The molecule has 0 amide bonds. The Kier molecular flexibility index (Phi) is 3.48. The largest absolute Gasteiger partial charge is 0.440 e. The number of hydrogen-bond donors (Lipinski definition) is 1. The molecule has 0 saturated heterocycles. The van der Waals surface area contributed by atoms with Crippen molar-refractivity contribution in [3.05, 3.63) is 52.8 Å². The molecule has 2 aromatic carbocycles. The molecule has 0 aliphatic carbocycles. The third-order valence-electron chi connectivity index (χ3n) is 2.63. The lowest BCUT2D eigenvalue weighted by molar-refractivity contribution is 0.556. The van der Waals surface area contributed by atoms with Gasteiger partial charge in [0.1, 0.15) is 5.52 Å². The Morgan fingerprint density at radius 1 is 1.16 bits per heavy atom. The molecule has 5 heteroatoms. The fourth-order valence-electron chi connectivity index (χ4n) is 1.73. The summed E-state index contributed by atoms with van der Waals surface area (Å²) in [6, 6.07) is 13.7. The van der Waals surface area contributed by atoms with E-state index in [0.29, 0.717) is 17.3 Å². The molecule has 1 heterocycles. The Bertz CT molecular complexity index is 709. The van der Waals surface area contributed by atoms with Gasteiger partial charge in [0.05, 0.1) is 5.75 Å². The average molecular weight is 335 g/mol. The predicted molar refractivity (Wildman–Crippen MR) is 82.1 cm³/mol. The van der Waals surface area contributed by atoms with Crippen LogP contribution in [0.5, 0.6) is 0 Å². The van der Waals surface area contributed by atoms with Crippen molar-refractivity contribution in [2.45, 2.75) is 10.6 Å². The normalized spacial score (nSPS) is 11.0. The third-order valence-corrected chi connectivity index (χ3v) is 4.16. The van der Waals surface area contributed by atoms with Gasteiger partial charge in [0.15, 0.2) is 5.58 Å². The van der Waals surface area contributed by atoms with Crippen LogP contribution in [0.2, 0.25) is 0 Å². The summed E-state index contributed by atoms with van der Waals surface area (Å²) in [5.74, 6) is 1.42. The number of hydrogen-bond acceptors (Lipinski definition) is 4. The van der Waals surface area contributed by atoms with Crippen LogP contribution in [-0.2, 0) is 5.75 Å². The lowest BCUT2D eigenvalue weighted by Crippen LogP contribution is -1.81. The summed E-state index contributed by atoms with van der Waals surface area (Å²) in [5.41, 5.74) is 8.00. The fraction of sp³-hybridized carbons (Fsp3) is 0.0714. The fourth-order valence-corrected chi connectivity index (χ4v) is 2.73. The molecule has 0 atom stereocenters. The quantitative estimate of drug-likeness (QED) is 0.567. The van der Waals surface area contributed by atoms with Crippen molar-refractivity contribution in [3.63, 3.8) is 0 Å². The maximum absolute atomic E-state index is 5.71. The monoisotopic (exact) mass is 334 g/mol. The number of oxazole rings is 1. The van der Waals surface area contributed by atoms with Crippen molar-refractivity contribution in [1.82, 2.24) is 4.98 Å². The minimum Gasteiger partial charge on any atom is -0.440 e. The molecule has 0 radical (unpaired) electrons. The van der Waals surface area contributed by atoms with Crippen LogP contribution in [0, 0.1) is 0 Å². The summed E-state index contributed by atoms with van der Waals surface area (Å²) >= 11 is 5.11. The number of nitrogens with zero attached hydrogens (tertiary/aromatic N) is 1. The maximum Gasteiger partial charge on any atom is 0.205 e. The van der Waals surface area contributed by atoms with Gasteiger partial charge in [0.25, 0.3) is 0 Å². The molecule has 0 fully saturated rings. The van der Waals surface area contributed by atoms with Crippen molar-refractivity contribution in [1.29, 1.82) is 0 Å². The van der Waals surface area contributed by atoms with E-state index in [9.17, 15) is 0 Å². The highest BCUT2D eigenvalue weighted by atomic mass is 79.9. The van der Waals surface area contributed by atoms with Crippen molar-refractivity contribution in [2.75, 3.05) is 5.73 Å². The van der Waals surface area contributed by atoms with Crippen LogP contribution in [0.3, 0.4) is 0 Å².